The van der Waals surface area contributed by atoms with Crippen LogP contribution in [-0.2, 0) is 4.57 Å². The van der Waals surface area contributed by atoms with Crippen LogP contribution in [0.2, 0.25) is 0 Å². The van der Waals surface area contributed by atoms with Gasteiger partial charge in [0.2, 0.25) is 0 Å². The molecule has 4 rings (SSSR count). The standard InChI is InChI=1S/C24H15BrF4NOP/c25-15-11-13-16(14-12-15)30-23-21(28)19(26)20(27)22(29)24(23)32(31,17-7-3-1-4-8-17)18-9-5-2-6-10-18/h1-14,30H. The molecular weight excluding hydrogens is 505 g/mol. The van der Waals surface area contributed by atoms with Gasteiger partial charge in [-0.1, -0.05) is 76.6 Å². The second kappa shape index (κ2) is 8.93. The van der Waals surface area contributed by atoms with E-state index >= 15 is 8.78 Å². The molecule has 0 bridgehead atoms. The van der Waals surface area contributed by atoms with Gasteiger partial charge in [-0.3, -0.25) is 0 Å². The molecule has 2 nitrogen and oxygen atoms in total. The van der Waals surface area contributed by atoms with Gasteiger partial charge < -0.3 is 9.88 Å². The highest BCUT2D eigenvalue weighted by atomic mass is 79.9. The van der Waals surface area contributed by atoms with E-state index in [1.54, 1.807) is 48.5 Å². The molecule has 0 atom stereocenters. The van der Waals surface area contributed by atoms with Gasteiger partial charge >= 0.3 is 0 Å². The Morgan fingerprint density at radius 3 is 1.59 bits per heavy atom. The Morgan fingerprint density at radius 2 is 1.09 bits per heavy atom. The Kier molecular flexibility index (Phi) is 6.22. The SMILES string of the molecule is O=P(c1ccccc1)(c1ccccc1)c1c(F)c(F)c(F)c(F)c1Nc1ccc(Br)cc1. The van der Waals surface area contributed by atoms with Crippen LogP contribution >= 0.6 is 23.1 Å². The summed E-state index contributed by atoms with van der Waals surface area (Å²) in [5, 5.41) is 2.13. The Morgan fingerprint density at radius 1 is 0.625 bits per heavy atom. The molecule has 8 heteroatoms. The van der Waals surface area contributed by atoms with Crippen molar-refractivity contribution in [2.24, 2.45) is 0 Å². The number of nitrogens with one attached hydrogen (secondary N) is 1. The lowest BCUT2D eigenvalue weighted by molar-refractivity contribution is 0.414. The zero-order chi connectivity index (χ0) is 22.9. The predicted molar refractivity (Wildman–Crippen MR) is 123 cm³/mol. The van der Waals surface area contributed by atoms with Gasteiger partial charge in [-0.2, -0.15) is 0 Å². The molecule has 0 saturated heterocycles. The number of benzene rings is 4. The second-order valence-corrected chi connectivity index (χ2v) is 10.5. The predicted octanol–water partition coefficient (Wildman–Crippen LogP) is 6.39. The molecule has 32 heavy (non-hydrogen) atoms. The first kappa shape index (κ1) is 22.3. The minimum absolute atomic E-state index is 0.148. The maximum absolute atomic E-state index is 15.3. The summed E-state index contributed by atoms with van der Waals surface area (Å²) in [6.07, 6.45) is 0. The fourth-order valence-corrected chi connectivity index (χ4v) is 6.50. The molecule has 162 valence electrons. The van der Waals surface area contributed by atoms with Crippen molar-refractivity contribution in [3.05, 3.63) is 113 Å². The number of rotatable bonds is 5. The average Bonchev–Trinajstić information content (AvgIpc) is 2.83. The molecule has 0 amide bonds. The van der Waals surface area contributed by atoms with E-state index in [0.29, 0.717) is 0 Å². The molecule has 0 heterocycles. The van der Waals surface area contributed by atoms with Crippen LogP contribution in [-0.4, -0.2) is 0 Å². The lowest BCUT2D eigenvalue weighted by Gasteiger charge is -2.24. The zero-order valence-electron chi connectivity index (χ0n) is 16.3. The highest BCUT2D eigenvalue weighted by Gasteiger charge is 2.39. The van der Waals surface area contributed by atoms with Crippen molar-refractivity contribution in [3.8, 4) is 0 Å². The Balaban J connectivity index is 2.07. The average molecular weight is 520 g/mol. The largest absolute Gasteiger partial charge is 0.352 e. The van der Waals surface area contributed by atoms with Crippen LogP contribution in [0, 0.1) is 23.3 Å². The molecule has 0 aliphatic rings. The van der Waals surface area contributed by atoms with Gasteiger partial charge in [-0.15, -0.1) is 0 Å². The summed E-state index contributed by atoms with van der Waals surface area (Å²) in [4.78, 5) is 0. The van der Waals surface area contributed by atoms with Crippen molar-refractivity contribution in [2.75, 3.05) is 5.32 Å². The van der Waals surface area contributed by atoms with Crippen LogP contribution in [0.15, 0.2) is 89.4 Å². The van der Waals surface area contributed by atoms with Crippen LogP contribution < -0.4 is 21.2 Å². The van der Waals surface area contributed by atoms with Crippen LogP contribution in [0.5, 0.6) is 0 Å². The van der Waals surface area contributed by atoms with Gasteiger partial charge in [0.05, 0.1) is 11.0 Å². The smallest absolute Gasteiger partial charge is 0.199 e. The Labute approximate surface area is 190 Å². The molecule has 0 spiro atoms. The van der Waals surface area contributed by atoms with Crippen molar-refractivity contribution < 1.29 is 22.1 Å². The van der Waals surface area contributed by atoms with Gasteiger partial charge in [0.15, 0.2) is 30.4 Å². The van der Waals surface area contributed by atoms with E-state index in [-0.39, 0.29) is 16.3 Å². The molecule has 0 radical (unpaired) electrons. The van der Waals surface area contributed by atoms with Crippen molar-refractivity contribution in [1.82, 2.24) is 0 Å². The van der Waals surface area contributed by atoms with Crippen molar-refractivity contribution >= 4 is 50.4 Å². The van der Waals surface area contributed by atoms with E-state index in [4.69, 9.17) is 0 Å². The summed E-state index contributed by atoms with van der Waals surface area (Å²) in [6.45, 7) is 0. The summed E-state index contributed by atoms with van der Waals surface area (Å²) in [5.41, 5.74) is -0.453. The first-order chi connectivity index (χ1) is 15.3. The number of halogens is 5. The van der Waals surface area contributed by atoms with Crippen LogP contribution in [0.4, 0.5) is 28.9 Å². The van der Waals surface area contributed by atoms with Gasteiger partial charge in [-0.05, 0) is 24.3 Å². The summed E-state index contributed by atoms with van der Waals surface area (Å²) < 4.78 is 74.4. The minimum atomic E-state index is -4.17. The summed E-state index contributed by atoms with van der Waals surface area (Å²) in [7, 11) is -4.17. The molecule has 0 fully saturated rings. The molecule has 4 aromatic carbocycles. The lowest BCUT2D eigenvalue weighted by atomic mass is 10.2. The summed E-state index contributed by atoms with van der Waals surface area (Å²) >= 11 is 3.27. The first-order valence-corrected chi connectivity index (χ1v) is 11.9. The van der Waals surface area contributed by atoms with E-state index in [9.17, 15) is 13.3 Å². The molecular formula is C24H15BrF4NOP. The quantitative estimate of drug-likeness (QED) is 0.143. The maximum Gasteiger partial charge on any atom is 0.199 e. The van der Waals surface area contributed by atoms with E-state index in [2.05, 4.69) is 21.2 Å². The van der Waals surface area contributed by atoms with Gasteiger partial charge in [-0.25, -0.2) is 17.6 Å². The van der Waals surface area contributed by atoms with E-state index < -0.39 is 41.4 Å². The fraction of sp³-hybridized carbons (Fsp3) is 0. The topological polar surface area (TPSA) is 29.1 Å². The van der Waals surface area contributed by atoms with Crippen LogP contribution in [0.1, 0.15) is 0 Å². The number of anilines is 2. The molecule has 0 aliphatic carbocycles. The fourth-order valence-electron chi connectivity index (χ4n) is 3.39. The first-order valence-electron chi connectivity index (χ1n) is 9.44. The summed E-state index contributed by atoms with van der Waals surface area (Å²) in [6, 6.07) is 21.9. The third-order valence-electron chi connectivity index (χ3n) is 4.91. The monoisotopic (exact) mass is 519 g/mol. The molecule has 1 N–H and O–H groups in total. The molecule has 0 aromatic heterocycles. The Bertz CT molecular complexity index is 1270. The maximum atomic E-state index is 15.3. The number of hydrogen-bond acceptors (Lipinski definition) is 2. The van der Waals surface area contributed by atoms with Crippen molar-refractivity contribution in [3.63, 3.8) is 0 Å². The zero-order valence-corrected chi connectivity index (χ0v) is 18.8. The minimum Gasteiger partial charge on any atom is -0.352 e. The highest BCUT2D eigenvalue weighted by molar-refractivity contribution is 9.10. The van der Waals surface area contributed by atoms with Crippen LogP contribution in [0.3, 0.4) is 0 Å². The Hall–Kier alpha value is -2.89. The van der Waals surface area contributed by atoms with E-state index in [1.165, 1.54) is 36.4 Å². The van der Waals surface area contributed by atoms with Gasteiger partial charge in [0.25, 0.3) is 0 Å². The number of hydrogen-bond donors (Lipinski definition) is 1. The molecule has 0 aliphatic heterocycles. The molecule has 0 saturated carbocycles. The summed E-state index contributed by atoms with van der Waals surface area (Å²) in [5.74, 6) is -7.38. The second-order valence-electron chi connectivity index (χ2n) is 6.89. The van der Waals surface area contributed by atoms with Gasteiger partial charge in [0.1, 0.15) is 0 Å². The normalized spacial score (nSPS) is 11.4. The van der Waals surface area contributed by atoms with E-state index in [1.807, 2.05) is 0 Å². The van der Waals surface area contributed by atoms with Crippen LogP contribution in [0.25, 0.3) is 0 Å². The van der Waals surface area contributed by atoms with Crippen molar-refractivity contribution in [1.29, 1.82) is 0 Å². The highest BCUT2D eigenvalue weighted by Crippen LogP contribution is 2.47. The van der Waals surface area contributed by atoms with Crippen molar-refractivity contribution in [2.45, 2.75) is 0 Å². The van der Waals surface area contributed by atoms with Gasteiger partial charge in [0, 0.05) is 20.8 Å². The lowest BCUT2D eigenvalue weighted by Crippen LogP contribution is -2.31. The third-order valence-corrected chi connectivity index (χ3v) is 8.54. The van der Waals surface area contributed by atoms with E-state index in [0.717, 1.165) is 4.47 Å². The molecule has 0 unspecified atom stereocenters. The third kappa shape index (κ3) is 3.87. The molecule has 4 aromatic rings.